The van der Waals surface area contributed by atoms with Crippen molar-refractivity contribution in [1.29, 1.82) is 0 Å². The summed E-state index contributed by atoms with van der Waals surface area (Å²) in [4.78, 5) is 0. The summed E-state index contributed by atoms with van der Waals surface area (Å²) in [7, 11) is 0. The summed E-state index contributed by atoms with van der Waals surface area (Å²) in [6.07, 6.45) is 2.32. The van der Waals surface area contributed by atoms with E-state index in [0.717, 1.165) is 17.2 Å². The zero-order chi connectivity index (χ0) is 11.1. The Labute approximate surface area is 101 Å². The van der Waals surface area contributed by atoms with Crippen LogP contribution in [0.5, 0.6) is 0 Å². The second-order valence-electron chi connectivity index (χ2n) is 3.80. The number of rotatable bonds is 6. The molecule has 0 aromatic heterocycles. The van der Waals surface area contributed by atoms with Crippen molar-refractivity contribution in [2.45, 2.75) is 31.6 Å². The van der Waals surface area contributed by atoms with Gasteiger partial charge in [-0.1, -0.05) is 23.7 Å². The Morgan fingerprint density at radius 2 is 2.00 bits per heavy atom. The van der Waals surface area contributed by atoms with Gasteiger partial charge in [0.2, 0.25) is 0 Å². The zero-order valence-electron chi connectivity index (χ0n) is 9.08. The van der Waals surface area contributed by atoms with Crippen molar-refractivity contribution in [3.63, 3.8) is 0 Å². The predicted octanol–water partition coefficient (Wildman–Crippen LogP) is 3.70. The third-order valence-corrected chi connectivity index (χ3v) is 3.50. The van der Waals surface area contributed by atoms with E-state index in [1.54, 1.807) is 0 Å². The van der Waals surface area contributed by atoms with E-state index in [2.05, 4.69) is 19.1 Å². The van der Waals surface area contributed by atoms with Crippen molar-refractivity contribution in [2.24, 2.45) is 5.73 Å². The molecule has 2 N–H and O–H groups in total. The molecule has 3 heteroatoms. The van der Waals surface area contributed by atoms with E-state index in [1.807, 2.05) is 23.9 Å². The second-order valence-corrected chi connectivity index (χ2v) is 5.34. The third kappa shape index (κ3) is 6.08. The maximum Gasteiger partial charge on any atom is 0.0406 e. The molecular weight excluding hydrogens is 226 g/mol. The van der Waals surface area contributed by atoms with Gasteiger partial charge in [0.05, 0.1) is 0 Å². The molecular formula is C12H18ClNS. The van der Waals surface area contributed by atoms with Crippen molar-refractivity contribution in [3.8, 4) is 0 Å². The van der Waals surface area contributed by atoms with E-state index < -0.39 is 0 Å². The molecule has 1 unspecified atom stereocenters. The molecule has 0 saturated heterocycles. The van der Waals surface area contributed by atoms with Crippen molar-refractivity contribution in [1.82, 2.24) is 0 Å². The van der Waals surface area contributed by atoms with Crippen molar-refractivity contribution in [3.05, 3.63) is 34.9 Å². The van der Waals surface area contributed by atoms with Gasteiger partial charge in [0.1, 0.15) is 0 Å². The highest BCUT2D eigenvalue weighted by atomic mass is 35.5. The van der Waals surface area contributed by atoms with Crippen LogP contribution in [0.4, 0.5) is 0 Å². The van der Waals surface area contributed by atoms with Crippen LogP contribution in [-0.2, 0) is 5.75 Å². The van der Waals surface area contributed by atoms with Crippen LogP contribution in [0.25, 0.3) is 0 Å². The topological polar surface area (TPSA) is 26.0 Å². The second kappa shape index (κ2) is 7.15. The Balaban J connectivity index is 2.12. The first-order chi connectivity index (χ1) is 7.18. The molecule has 0 heterocycles. The van der Waals surface area contributed by atoms with Gasteiger partial charge in [0.15, 0.2) is 0 Å². The van der Waals surface area contributed by atoms with Gasteiger partial charge in [-0.3, -0.25) is 0 Å². The molecule has 0 aliphatic rings. The summed E-state index contributed by atoms with van der Waals surface area (Å²) >= 11 is 7.77. The smallest absolute Gasteiger partial charge is 0.0406 e. The fourth-order valence-corrected chi connectivity index (χ4v) is 2.35. The summed E-state index contributed by atoms with van der Waals surface area (Å²) < 4.78 is 0. The molecule has 0 fully saturated rings. The van der Waals surface area contributed by atoms with Gasteiger partial charge < -0.3 is 5.73 Å². The number of nitrogens with two attached hydrogens (primary N) is 1. The molecule has 84 valence electrons. The largest absolute Gasteiger partial charge is 0.328 e. The van der Waals surface area contributed by atoms with Gasteiger partial charge in [-0.2, -0.15) is 11.8 Å². The van der Waals surface area contributed by atoms with Crippen LogP contribution in [-0.4, -0.2) is 11.8 Å². The van der Waals surface area contributed by atoms with E-state index in [4.69, 9.17) is 17.3 Å². The lowest BCUT2D eigenvalue weighted by Crippen LogP contribution is -2.14. The molecule has 0 amide bonds. The highest BCUT2D eigenvalue weighted by Crippen LogP contribution is 2.16. The number of halogens is 1. The maximum absolute atomic E-state index is 5.81. The molecule has 0 spiro atoms. The van der Waals surface area contributed by atoms with E-state index in [0.29, 0.717) is 6.04 Å². The predicted molar refractivity (Wildman–Crippen MR) is 70.5 cm³/mol. The van der Waals surface area contributed by atoms with Gasteiger partial charge >= 0.3 is 0 Å². The normalized spacial score (nSPS) is 12.7. The molecule has 0 bridgehead atoms. The first-order valence-corrected chi connectivity index (χ1v) is 6.79. The standard InChI is InChI=1S/C12H18ClNS/c1-10(14)3-2-8-15-9-11-4-6-12(13)7-5-11/h4-7,10H,2-3,8-9,14H2,1H3. The van der Waals surface area contributed by atoms with E-state index in [-0.39, 0.29) is 0 Å². The molecule has 0 saturated carbocycles. The summed E-state index contributed by atoms with van der Waals surface area (Å²) in [5.74, 6) is 2.25. The highest BCUT2D eigenvalue weighted by molar-refractivity contribution is 7.98. The lowest BCUT2D eigenvalue weighted by atomic mass is 10.2. The zero-order valence-corrected chi connectivity index (χ0v) is 10.7. The minimum atomic E-state index is 0.334. The van der Waals surface area contributed by atoms with Crippen LogP contribution in [0, 0.1) is 0 Å². The third-order valence-electron chi connectivity index (χ3n) is 2.13. The Morgan fingerprint density at radius 1 is 1.33 bits per heavy atom. The van der Waals surface area contributed by atoms with E-state index in [1.165, 1.54) is 17.7 Å². The van der Waals surface area contributed by atoms with E-state index in [9.17, 15) is 0 Å². The van der Waals surface area contributed by atoms with Crippen molar-refractivity contribution >= 4 is 23.4 Å². The lowest BCUT2D eigenvalue weighted by Gasteiger charge is -2.04. The first kappa shape index (κ1) is 12.9. The molecule has 0 radical (unpaired) electrons. The maximum atomic E-state index is 5.81. The molecule has 1 nitrogen and oxygen atoms in total. The fraction of sp³-hybridized carbons (Fsp3) is 0.500. The van der Waals surface area contributed by atoms with Crippen LogP contribution in [0.3, 0.4) is 0 Å². The molecule has 0 aliphatic carbocycles. The van der Waals surface area contributed by atoms with Crippen LogP contribution in [0.15, 0.2) is 24.3 Å². The number of hydrogen-bond donors (Lipinski definition) is 1. The number of hydrogen-bond acceptors (Lipinski definition) is 2. The molecule has 1 aromatic carbocycles. The molecule has 1 atom stereocenters. The van der Waals surface area contributed by atoms with Crippen LogP contribution in [0.1, 0.15) is 25.3 Å². The first-order valence-electron chi connectivity index (χ1n) is 5.26. The Kier molecular flexibility index (Phi) is 6.15. The highest BCUT2D eigenvalue weighted by Gasteiger charge is 1.96. The van der Waals surface area contributed by atoms with Gasteiger partial charge in [-0.25, -0.2) is 0 Å². The molecule has 1 rings (SSSR count). The summed E-state index contributed by atoms with van der Waals surface area (Å²) in [6, 6.07) is 8.39. The van der Waals surface area contributed by atoms with Gasteiger partial charge in [-0.15, -0.1) is 0 Å². The van der Waals surface area contributed by atoms with Gasteiger partial charge in [-0.05, 0) is 43.2 Å². The summed E-state index contributed by atoms with van der Waals surface area (Å²) in [5, 5.41) is 0.806. The van der Waals surface area contributed by atoms with E-state index >= 15 is 0 Å². The Hall–Kier alpha value is -0.180. The summed E-state index contributed by atoms with van der Waals surface area (Å²) in [5.41, 5.74) is 7.02. The van der Waals surface area contributed by atoms with Crippen molar-refractivity contribution in [2.75, 3.05) is 5.75 Å². The van der Waals surface area contributed by atoms with Gasteiger partial charge in [0.25, 0.3) is 0 Å². The van der Waals surface area contributed by atoms with Crippen LogP contribution < -0.4 is 5.73 Å². The SMILES string of the molecule is CC(N)CCCSCc1ccc(Cl)cc1. The Bertz CT molecular complexity index is 271. The molecule has 1 aromatic rings. The fourth-order valence-electron chi connectivity index (χ4n) is 1.28. The molecule has 0 aliphatic heterocycles. The minimum Gasteiger partial charge on any atom is -0.328 e. The van der Waals surface area contributed by atoms with Crippen molar-refractivity contribution < 1.29 is 0 Å². The quantitative estimate of drug-likeness (QED) is 0.771. The monoisotopic (exact) mass is 243 g/mol. The minimum absolute atomic E-state index is 0.334. The van der Waals surface area contributed by atoms with Gasteiger partial charge in [0, 0.05) is 16.8 Å². The number of benzene rings is 1. The molecule has 15 heavy (non-hydrogen) atoms. The van der Waals surface area contributed by atoms with Crippen LogP contribution in [0.2, 0.25) is 5.02 Å². The average molecular weight is 244 g/mol. The average Bonchev–Trinajstić information content (AvgIpc) is 2.20. The van der Waals surface area contributed by atoms with Crippen LogP contribution >= 0.6 is 23.4 Å². The Morgan fingerprint density at radius 3 is 2.60 bits per heavy atom. The summed E-state index contributed by atoms with van der Waals surface area (Å²) in [6.45, 7) is 2.06. The lowest BCUT2D eigenvalue weighted by molar-refractivity contribution is 0.656. The number of thioether (sulfide) groups is 1.